The third-order valence-corrected chi connectivity index (χ3v) is 5.75. The van der Waals surface area contributed by atoms with E-state index in [1.165, 1.54) is 38.1 Å². The summed E-state index contributed by atoms with van der Waals surface area (Å²) in [4.78, 5) is 4.74. The number of hydrogen-bond acceptors (Lipinski definition) is 2. The molecule has 1 spiro atoms. The molecule has 2 fully saturated rings. The topological polar surface area (TPSA) is 6.48 Å². The fraction of sp³-hybridized carbons (Fsp3) is 0.667. The number of hydrogen-bond donors (Lipinski definition) is 0. The van der Waals surface area contributed by atoms with Crippen LogP contribution in [0.2, 0.25) is 0 Å². The van der Waals surface area contributed by atoms with Gasteiger partial charge in [0.15, 0.2) is 0 Å². The van der Waals surface area contributed by atoms with E-state index >= 15 is 0 Å². The second kappa shape index (κ2) is 6.34. The molecular formula is C18H25F3N2. The summed E-state index contributed by atoms with van der Waals surface area (Å²) in [6.07, 6.45) is 0.596. The maximum atomic E-state index is 12.6. The number of anilines is 1. The molecule has 1 aromatic carbocycles. The molecule has 0 saturated carbocycles. The average Bonchev–Trinajstić information content (AvgIpc) is 2.56. The minimum Gasteiger partial charge on any atom is -0.371 e. The first-order chi connectivity index (χ1) is 10.9. The fourth-order valence-electron chi connectivity index (χ4n) is 3.94. The van der Waals surface area contributed by atoms with Crippen molar-refractivity contribution in [1.82, 2.24) is 4.90 Å². The molecule has 5 heteroatoms. The minimum atomic E-state index is -4.25. The van der Waals surface area contributed by atoms with Crippen molar-refractivity contribution in [3.8, 4) is 0 Å². The number of nitrogens with zero attached hydrogens (tertiary/aromatic N) is 2. The Morgan fingerprint density at radius 2 is 1.43 bits per heavy atom. The highest BCUT2D eigenvalue weighted by Crippen LogP contribution is 2.42. The summed E-state index contributed by atoms with van der Waals surface area (Å²) in [5, 5.41) is 0. The zero-order valence-corrected chi connectivity index (χ0v) is 13.7. The molecule has 2 heterocycles. The lowest BCUT2D eigenvalue weighted by molar-refractivity contribution is -0.137. The van der Waals surface area contributed by atoms with Gasteiger partial charge in [-0.3, -0.25) is 0 Å². The van der Waals surface area contributed by atoms with Crippen LogP contribution in [0, 0.1) is 5.41 Å². The molecule has 128 valence electrons. The molecule has 23 heavy (non-hydrogen) atoms. The molecule has 2 saturated heterocycles. The number of benzene rings is 1. The maximum absolute atomic E-state index is 12.6. The Labute approximate surface area is 136 Å². The van der Waals surface area contributed by atoms with E-state index in [2.05, 4.69) is 16.7 Å². The van der Waals surface area contributed by atoms with Gasteiger partial charge < -0.3 is 9.80 Å². The predicted octanol–water partition coefficient (Wildman–Crippen LogP) is 4.41. The minimum absolute atomic E-state index is 0.466. The molecule has 0 N–H and O–H groups in total. The Kier molecular flexibility index (Phi) is 4.59. The molecule has 0 unspecified atom stereocenters. The molecular weight excluding hydrogens is 301 g/mol. The van der Waals surface area contributed by atoms with Crippen molar-refractivity contribution >= 4 is 5.69 Å². The number of likely N-dealkylation sites (tertiary alicyclic amines) is 1. The molecule has 3 rings (SSSR count). The van der Waals surface area contributed by atoms with Crippen molar-refractivity contribution in [3.63, 3.8) is 0 Å². The van der Waals surface area contributed by atoms with E-state index in [9.17, 15) is 13.2 Å². The highest BCUT2D eigenvalue weighted by Gasteiger charge is 2.37. The van der Waals surface area contributed by atoms with Crippen LogP contribution >= 0.6 is 0 Å². The van der Waals surface area contributed by atoms with Gasteiger partial charge >= 0.3 is 6.18 Å². The van der Waals surface area contributed by atoms with Gasteiger partial charge in [0.2, 0.25) is 0 Å². The molecule has 0 aromatic heterocycles. The van der Waals surface area contributed by atoms with Gasteiger partial charge in [0.25, 0.3) is 0 Å². The molecule has 2 nitrogen and oxygen atoms in total. The first-order valence-corrected chi connectivity index (χ1v) is 8.56. The van der Waals surface area contributed by atoms with Crippen molar-refractivity contribution in [1.29, 1.82) is 0 Å². The largest absolute Gasteiger partial charge is 0.416 e. The quantitative estimate of drug-likeness (QED) is 0.794. The van der Waals surface area contributed by atoms with E-state index in [0.29, 0.717) is 5.41 Å². The second-order valence-corrected chi connectivity index (χ2v) is 6.97. The van der Waals surface area contributed by atoms with E-state index in [4.69, 9.17) is 0 Å². The Balaban J connectivity index is 1.59. The van der Waals surface area contributed by atoms with Crippen molar-refractivity contribution < 1.29 is 13.2 Å². The summed E-state index contributed by atoms with van der Waals surface area (Å²) in [6.45, 7) is 7.64. The van der Waals surface area contributed by atoms with Crippen molar-refractivity contribution in [2.75, 3.05) is 37.6 Å². The summed E-state index contributed by atoms with van der Waals surface area (Å²) >= 11 is 0. The molecule has 0 radical (unpaired) electrons. The second-order valence-electron chi connectivity index (χ2n) is 6.97. The SMILES string of the molecule is CCN1CCC2(CC1)CCN(c1ccc(C(F)(F)F)cc1)CC2. The molecule has 0 atom stereocenters. The predicted molar refractivity (Wildman–Crippen MR) is 86.7 cm³/mol. The van der Waals surface area contributed by atoms with Crippen molar-refractivity contribution in [2.45, 2.75) is 38.8 Å². The Morgan fingerprint density at radius 3 is 1.91 bits per heavy atom. The maximum Gasteiger partial charge on any atom is 0.416 e. The van der Waals surface area contributed by atoms with Crippen LogP contribution in [0.4, 0.5) is 18.9 Å². The lowest BCUT2D eigenvalue weighted by Gasteiger charge is -2.47. The number of halogens is 3. The molecule has 2 aliphatic heterocycles. The first-order valence-electron chi connectivity index (χ1n) is 8.56. The normalized spacial score (nSPS) is 22.5. The molecule has 2 aliphatic rings. The fourth-order valence-corrected chi connectivity index (χ4v) is 3.94. The van der Waals surface area contributed by atoms with Crippen LogP contribution in [-0.2, 0) is 6.18 Å². The Morgan fingerprint density at radius 1 is 0.913 bits per heavy atom. The van der Waals surface area contributed by atoms with Gasteiger partial charge in [-0.05, 0) is 75.0 Å². The van der Waals surface area contributed by atoms with Gasteiger partial charge in [0, 0.05) is 18.8 Å². The standard InChI is InChI=1S/C18H25F3N2/c1-2-22-11-7-17(8-12-22)9-13-23(14-10-17)16-5-3-15(4-6-16)18(19,20)21/h3-6H,2,7-14H2,1H3. The van der Waals surface area contributed by atoms with E-state index in [0.717, 1.165) is 38.2 Å². The third kappa shape index (κ3) is 3.65. The third-order valence-electron chi connectivity index (χ3n) is 5.75. The molecule has 0 aliphatic carbocycles. The zero-order valence-electron chi connectivity index (χ0n) is 13.7. The molecule has 1 aromatic rings. The zero-order chi connectivity index (χ0) is 16.5. The number of piperidine rings is 2. The summed E-state index contributed by atoms with van der Waals surface area (Å²) < 4.78 is 37.9. The lowest BCUT2D eigenvalue weighted by Crippen LogP contribution is -2.46. The lowest BCUT2D eigenvalue weighted by atomic mass is 9.71. The van der Waals surface area contributed by atoms with Crippen molar-refractivity contribution in [3.05, 3.63) is 29.8 Å². The summed E-state index contributed by atoms with van der Waals surface area (Å²) in [5.41, 5.74) is 0.814. The average molecular weight is 326 g/mol. The van der Waals surface area contributed by atoms with Gasteiger partial charge in [-0.15, -0.1) is 0 Å². The first kappa shape index (κ1) is 16.6. The van der Waals surface area contributed by atoms with Crippen molar-refractivity contribution in [2.24, 2.45) is 5.41 Å². The van der Waals surface area contributed by atoms with Gasteiger partial charge in [0.05, 0.1) is 5.56 Å². The van der Waals surface area contributed by atoms with Gasteiger partial charge in [-0.25, -0.2) is 0 Å². The van der Waals surface area contributed by atoms with Crippen LogP contribution in [0.3, 0.4) is 0 Å². The monoisotopic (exact) mass is 326 g/mol. The van der Waals surface area contributed by atoms with Gasteiger partial charge in [-0.2, -0.15) is 13.2 Å². The number of alkyl halides is 3. The Hall–Kier alpha value is -1.23. The molecule has 0 amide bonds. The van der Waals surface area contributed by atoms with Crippen LogP contribution < -0.4 is 4.90 Å². The van der Waals surface area contributed by atoms with E-state index in [1.807, 2.05) is 0 Å². The van der Waals surface area contributed by atoms with Crippen LogP contribution in [0.1, 0.15) is 38.2 Å². The van der Waals surface area contributed by atoms with Crippen LogP contribution in [0.25, 0.3) is 0 Å². The highest BCUT2D eigenvalue weighted by atomic mass is 19.4. The van der Waals surface area contributed by atoms with Gasteiger partial charge in [-0.1, -0.05) is 6.92 Å². The smallest absolute Gasteiger partial charge is 0.371 e. The Bertz CT molecular complexity index is 506. The van der Waals surface area contributed by atoms with E-state index in [-0.39, 0.29) is 0 Å². The van der Waals surface area contributed by atoms with E-state index in [1.54, 1.807) is 12.1 Å². The summed E-state index contributed by atoms with van der Waals surface area (Å²) in [7, 11) is 0. The van der Waals surface area contributed by atoms with Gasteiger partial charge in [0.1, 0.15) is 0 Å². The van der Waals surface area contributed by atoms with E-state index < -0.39 is 11.7 Å². The molecule has 0 bridgehead atoms. The van der Waals surface area contributed by atoms with Crippen LogP contribution in [0.5, 0.6) is 0 Å². The van der Waals surface area contributed by atoms with Crippen LogP contribution in [0.15, 0.2) is 24.3 Å². The summed E-state index contributed by atoms with van der Waals surface area (Å²) in [6, 6.07) is 5.61. The summed E-state index contributed by atoms with van der Waals surface area (Å²) in [5.74, 6) is 0. The number of rotatable bonds is 2. The highest BCUT2D eigenvalue weighted by molar-refractivity contribution is 5.48. The van der Waals surface area contributed by atoms with Crippen LogP contribution in [-0.4, -0.2) is 37.6 Å².